The maximum Gasteiger partial charge on any atom is 0.262 e. The monoisotopic (exact) mass is 415 g/mol. The van der Waals surface area contributed by atoms with E-state index in [2.05, 4.69) is 10.3 Å². The molecule has 1 atom stereocenters. The molecule has 0 saturated carbocycles. The van der Waals surface area contributed by atoms with Crippen molar-refractivity contribution >= 4 is 40.2 Å². The predicted octanol–water partition coefficient (Wildman–Crippen LogP) is 4.11. The first-order valence-corrected chi connectivity index (χ1v) is 10.5. The molecule has 0 aliphatic heterocycles. The molecule has 1 aromatic heterocycles. The topological polar surface area (TPSA) is 64.0 Å². The van der Waals surface area contributed by atoms with E-state index in [4.69, 9.17) is 11.6 Å². The van der Waals surface area contributed by atoms with Crippen molar-refractivity contribution < 1.29 is 4.79 Å². The number of carbonyl (C=O) groups is 1. The fourth-order valence-electron chi connectivity index (χ4n) is 2.72. The average Bonchev–Trinajstić information content (AvgIpc) is 2.70. The molecule has 5 nitrogen and oxygen atoms in total. The smallest absolute Gasteiger partial charge is 0.262 e. The number of nitrogens with one attached hydrogen (secondary N) is 1. The number of hydrogen-bond acceptors (Lipinski definition) is 4. The number of para-hydroxylation sites is 1. The lowest BCUT2D eigenvalue weighted by molar-refractivity contribution is -0.119. The highest BCUT2D eigenvalue weighted by atomic mass is 35.5. The minimum Gasteiger partial charge on any atom is -0.353 e. The molecule has 1 heterocycles. The van der Waals surface area contributed by atoms with Gasteiger partial charge in [0.05, 0.1) is 23.2 Å². The summed E-state index contributed by atoms with van der Waals surface area (Å²) in [6.45, 7) is 4.35. The molecule has 0 aliphatic rings. The highest BCUT2D eigenvalue weighted by Crippen LogP contribution is 2.19. The minimum absolute atomic E-state index is 0.0696. The third-order valence-electron chi connectivity index (χ3n) is 4.43. The summed E-state index contributed by atoms with van der Waals surface area (Å²) in [4.78, 5) is 29.9. The van der Waals surface area contributed by atoms with Crippen molar-refractivity contribution in [2.45, 2.75) is 38.0 Å². The number of nitrogens with zero attached hydrogens (tertiary/aromatic N) is 2. The lowest BCUT2D eigenvalue weighted by atomic mass is 10.2. The first kappa shape index (κ1) is 20.4. The van der Waals surface area contributed by atoms with Gasteiger partial charge in [-0.2, -0.15) is 0 Å². The highest BCUT2D eigenvalue weighted by molar-refractivity contribution is 7.99. The summed E-state index contributed by atoms with van der Waals surface area (Å²) >= 11 is 7.24. The van der Waals surface area contributed by atoms with Crippen molar-refractivity contribution in [1.29, 1.82) is 0 Å². The molecule has 146 valence electrons. The van der Waals surface area contributed by atoms with Gasteiger partial charge in [0.1, 0.15) is 0 Å². The van der Waals surface area contributed by atoms with Crippen LogP contribution in [0, 0.1) is 0 Å². The van der Waals surface area contributed by atoms with Gasteiger partial charge in [0.15, 0.2) is 5.16 Å². The Morgan fingerprint density at radius 1 is 1.21 bits per heavy atom. The summed E-state index contributed by atoms with van der Waals surface area (Å²) in [5.41, 5.74) is 1.45. The molecule has 3 rings (SSSR count). The van der Waals surface area contributed by atoms with Crippen LogP contribution in [-0.2, 0) is 11.3 Å². The molecule has 3 aromatic rings. The molecule has 28 heavy (non-hydrogen) atoms. The van der Waals surface area contributed by atoms with Crippen LogP contribution < -0.4 is 10.9 Å². The molecule has 0 fully saturated rings. The summed E-state index contributed by atoms with van der Waals surface area (Å²) in [5.74, 6) is 0.134. The van der Waals surface area contributed by atoms with E-state index in [-0.39, 0.29) is 23.3 Å². The van der Waals surface area contributed by atoms with Crippen molar-refractivity contribution in [3.63, 3.8) is 0 Å². The molecule has 0 radical (unpaired) electrons. The number of hydrogen-bond donors (Lipinski definition) is 1. The van der Waals surface area contributed by atoms with Crippen molar-refractivity contribution in [2.75, 3.05) is 5.75 Å². The van der Waals surface area contributed by atoms with Crippen molar-refractivity contribution in [3.8, 4) is 0 Å². The quantitative estimate of drug-likeness (QED) is 0.466. The summed E-state index contributed by atoms with van der Waals surface area (Å²) in [6.07, 6.45) is 0.867. The number of thioether (sulfide) groups is 1. The van der Waals surface area contributed by atoms with Gasteiger partial charge in [0.2, 0.25) is 5.91 Å². The Hall–Kier alpha value is -2.31. The number of carbonyl (C=O) groups excluding carboxylic acids is 1. The van der Waals surface area contributed by atoms with Crippen LogP contribution in [0.1, 0.15) is 25.8 Å². The molecule has 0 saturated heterocycles. The lowest BCUT2D eigenvalue weighted by Gasteiger charge is -2.14. The highest BCUT2D eigenvalue weighted by Gasteiger charge is 2.14. The maximum atomic E-state index is 13.1. The normalized spacial score (nSPS) is 12.1. The van der Waals surface area contributed by atoms with Gasteiger partial charge in [0, 0.05) is 11.1 Å². The van der Waals surface area contributed by atoms with E-state index in [1.54, 1.807) is 22.8 Å². The second kappa shape index (κ2) is 9.26. The van der Waals surface area contributed by atoms with Gasteiger partial charge in [-0.15, -0.1) is 0 Å². The molecule has 0 bridgehead atoms. The number of benzene rings is 2. The van der Waals surface area contributed by atoms with Gasteiger partial charge in [-0.25, -0.2) is 4.98 Å². The number of aromatic nitrogens is 2. The summed E-state index contributed by atoms with van der Waals surface area (Å²) < 4.78 is 1.62. The Balaban J connectivity index is 1.93. The fourth-order valence-corrected chi connectivity index (χ4v) is 3.65. The zero-order chi connectivity index (χ0) is 20.1. The second-order valence-electron chi connectivity index (χ2n) is 6.59. The van der Waals surface area contributed by atoms with Crippen LogP contribution in [0.4, 0.5) is 0 Å². The van der Waals surface area contributed by atoms with Crippen molar-refractivity contribution in [2.24, 2.45) is 0 Å². The fraction of sp³-hybridized carbons (Fsp3) is 0.286. The first-order valence-electron chi connectivity index (χ1n) is 9.14. The van der Waals surface area contributed by atoms with Crippen LogP contribution in [-0.4, -0.2) is 27.3 Å². The van der Waals surface area contributed by atoms with Crippen LogP contribution in [0.25, 0.3) is 10.9 Å². The molecule has 0 aliphatic carbocycles. The molecule has 1 amide bonds. The summed E-state index contributed by atoms with van der Waals surface area (Å²) in [7, 11) is 0. The number of rotatable bonds is 7. The van der Waals surface area contributed by atoms with E-state index >= 15 is 0 Å². The van der Waals surface area contributed by atoms with Crippen LogP contribution in [0.2, 0.25) is 5.02 Å². The second-order valence-corrected chi connectivity index (χ2v) is 7.97. The zero-order valence-corrected chi connectivity index (χ0v) is 17.4. The first-order chi connectivity index (χ1) is 13.5. The number of fused-ring (bicyclic) bond motifs is 1. The Kier molecular flexibility index (Phi) is 6.75. The van der Waals surface area contributed by atoms with E-state index < -0.39 is 0 Å². The maximum absolute atomic E-state index is 13.1. The zero-order valence-electron chi connectivity index (χ0n) is 15.8. The van der Waals surface area contributed by atoms with Crippen LogP contribution in [0.5, 0.6) is 0 Å². The van der Waals surface area contributed by atoms with E-state index in [1.807, 2.05) is 44.2 Å². The Labute approximate surface area is 173 Å². The Morgan fingerprint density at radius 2 is 1.93 bits per heavy atom. The van der Waals surface area contributed by atoms with Gasteiger partial charge < -0.3 is 5.32 Å². The van der Waals surface area contributed by atoms with Crippen LogP contribution in [0.15, 0.2) is 58.5 Å². The molecule has 0 unspecified atom stereocenters. The van der Waals surface area contributed by atoms with Gasteiger partial charge in [0.25, 0.3) is 5.56 Å². The number of halogens is 1. The van der Waals surface area contributed by atoms with Crippen molar-refractivity contribution in [3.05, 3.63) is 69.5 Å². The molecular formula is C21H22ClN3O2S. The van der Waals surface area contributed by atoms with Crippen molar-refractivity contribution in [1.82, 2.24) is 14.9 Å². The number of amides is 1. The third kappa shape index (κ3) is 4.94. The molecule has 1 N–H and O–H groups in total. The standard InChI is InChI=1S/C21H22ClN3O2S/c1-3-14(2)23-19(26)13-28-21-24-18-7-5-4-6-17(18)20(27)25(21)12-15-8-10-16(22)11-9-15/h4-11,14H,3,12-13H2,1-2H3,(H,23,26)/t14-/m0/s1. The van der Waals surface area contributed by atoms with E-state index in [0.29, 0.717) is 27.6 Å². The average molecular weight is 416 g/mol. The summed E-state index contributed by atoms with van der Waals surface area (Å²) in [5, 5.41) is 4.67. The Morgan fingerprint density at radius 3 is 2.64 bits per heavy atom. The molecule has 2 aromatic carbocycles. The van der Waals surface area contributed by atoms with Gasteiger partial charge in [-0.05, 0) is 43.2 Å². The van der Waals surface area contributed by atoms with Crippen LogP contribution >= 0.6 is 23.4 Å². The summed E-state index contributed by atoms with van der Waals surface area (Å²) in [6, 6.07) is 14.7. The van der Waals surface area contributed by atoms with E-state index in [1.165, 1.54) is 11.8 Å². The Bertz CT molecular complexity index is 1030. The third-order valence-corrected chi connectivity index (χ3v) is 5.66. The predicted molar refractivity (Wildman–Crippen MR) is 115 cm³/mol. The minimum atomic E-state index is -0.120. The molecule has 7 heteroatoms. The van der Waals surface area contributed by atoms with Gasteiger partial charge in [-0.1, -0.05) is 54.6 Å². The van der Waals surface area contributed by atoms with Gasteiger partial charge >= 0.3 is 0 Å². The van der Waals surface area contributed by atoms with Gasteiger partial charge in [-0.3, -0.25) is 14.2 Å². The lowest BCUT2D eigenvalue weighted by Crippen LogP contribution is -2.33. The molecular weight excluding hydrogens is 394 g/mol. The van der Waals surface area contributed by atoms with Crippen LogP contribution in [0.3, 0.4) is 0 Å². The molecule has 0 spiro atoms. The largest absolute Gasteiger partial charge is 0.353 e. The van der Waals surface area contributed by atoms with E-state index in [0.717, 1.165) is 12.0 Å². The SMILES string of the molecule is CC[C@H](C)NC(=O)CSc1nc2ccccc2c(=O)n1Cc1ccc(Cl)cc1. The van der Waals surface area contributed by atoms with E-state index in [9.17, 15) is 9.59 Å².